The number of halogens is 1. The lowest BCUT2D eigenvalue weighted by molar-refractivity contribution is 0.0937. The topological polar surface area (TPSA) is 67.3 Å². The molecule has 1 aromatic carbocycles. The molecule has 0 aliphatic carbocycles. The van der Waals surface area contributed by atoms with Crippen LogP contribution in [0.15, 0.2) is 35.5 Å². The van der Waals surface area contributed by atoms with Crippen molar-refractivity contribution in [3.63, 3.8) is 0 Å². The minimum Gasteiger partial charge on any atom is -0.383 e. The maximum Gasteiger partial charge on any atom is 0.251 e. The van der Waals surface area contributed by atoms with E-state index in [0.717, 1.165) is 30.4 Å². The van der Waals surface area contributed by atoms with E-state index in [1.807, 2.05) is 30.3 Å². The van der Waals surface area contributed by atoms with Crippen LogP contribution in [0.1, 0.15) is 35.7 Å². The van der Waals surface area contributed by atoms with Crippen molar-refractivity contribution in [3.8, 4) is 0 Å². The van der Waals surface area contributed by atoms with Gasteiger partial charge < -0.3 is 15.0 Å². The molecule has 2 aromatic rings. The molecule has 0 bridgehead atoms. The second-order valence-corrected chi connectivity index (χ2v) is 8.57. The van der Waals surface area contributed by atoms with Crippen molar-refractivity contribution < 1.29 is 9.53 Å². The van der Waals surface area contributed by atoms with E-state index in [2.05, 4.69) is 22.1 Å². The molecular formula is C21H27ClN4O2S. The van der Waals surface area contributed by atoms with Gasteiger partial charge in [0.1, 0.15) is 11.0 Å². The number of anilines is 1. The Morgan fingerprint density at radius 3 is 2.86 bits per heavy atom. The molecule has 156 valence electrons. The van der Waals surface area contributed by atoms with Gasteiger partial charge in [-0.05, 0) is 36.5 Å². The fourth-order valence-corrected chi connectivity index (χ4v) is 4.19. The molecule has 29 heavy (non-hydrogen) atoms. The van der Waals surface area contributed by atoms with Gasteiger partial charge in [-0.2, -0.15) is 0 Å². The molecule has 1 aromatic heterocycles. The van der Waals surface area contributed by atoms with Crippen LogP contribution in [0.5, 0.6) is 0 Å². The van der Waals surface area contributed by atoms with Crippen molar-refractivity contribution in [2.45, 2.75) is 30.7 Å². The summed E-state index contributed by atoms with van der Waals surface area (Å²) >= 11 is 7.78. The molecule has 1 aliphatic rings. The predicted molar refractivity (Wildman–Crippen MR) is 118 cm³/mol. The molecule has 1 N–H and O–H groups in total. The molecular weight excluding hydrogens is 408 g/mol. The van der Waals surface area contributed by atoms with Crippen molar-refractivity contribution in [2.75, 3.05) is 38.3 Å². The number of rotatable bonds is 8. The summed E-state index contributed by atoms with van der Waals surface area (Å²) in [6, 6.07) is 9.43. The molecule has 8 heteroatoms. The van der Waals surface area contributed by atoms with E-state index in [-0.39, 0.29) is 5.91 Å². The Morgan fingerprint density at radius 2 is 2.10 bits per heavy atom. The van der Waals surface area contributed by atoms with Crippen LogP contribution in [0.25, 0.3) is 0 Å². The van der Waals surface area contributed by atoms with Gasteiger partial charge in [0, 0.05) is 44.1 Å². The number of thioether (sulfide) groups is 1. The molecule has 0 atom stereocenters. The SMILES string of the molecule is COCCNC(=O)c1cccc(CSc2nc(Cl)cc(N3CCC(C)CC3)n2)c1. The van der Waals surface area contributed by atoms with E-state index in [9.17, 15) is 4.79 Å². The van der Waals surface area contributed by atoms with E-state index in [1.54, 1.807) is 7.11 Å². The Labute approximate surface area is 181 Å². The summed E-state index contributed by atoms with van der Waals surface area (Å²) in [5, 5.41) is 3.95. The number of nitrogens with one attached hydrogen (secondary N) is 1. The highest BCUT2D eigenvalue weighted by molar-refractivity contribution is 7.98. The number of amides is 1. The fraction of sp³-hybridized carbons (Fsp3) is 0.476. The maximum absolute atomic E-state index is 12.2. The van der Waals surface area contributed by atoms with E-state index in [1.165, 1.54) is 24.6 Å². The predicted octanol–water partition coefficient (Wildman–Crippen LogP) is 4.03. The van der Waals surface area contributed by atoms with Crippen molar-refractivity contribution >= 4 is 35.1 Å². The molecule has 0 unspecified atom stereocenters. The van der Waals surface area contributed by atoms with Crippen LogP contribution in [0.4, 0.5) is 5.82 Å². The zero-order valence-corrected chi connectivity index (χ0v) is 18.4. The van der Waals surface area contributed by atoms with Crippen LogP contribution in [0.3, 0.4) is 0 Å². The summed E-state index contributed by atoms with van der Waals surface area (Å²) in [4.78, 5) is 23.6. The Kier molecular flexibility index (Phi) is 8.15. The number of hydrogen-bond acceptors (Lipinski definition) is 6. The van der Waals surface area contributed by atoms with Gasteiger partial charge in [0.05, 0.1) is 6.61 Å². The number of carbonyl (C=O) groups excluding carboxylic acids is 1. The van der Waals surface area contributed by atoms with Gasteiger partial charge in [-0.15, -0.1) is 0 Å². The number of piperidine rings is 1. The summed E-state index contributed by atoms with van der Waals surface area (Å²) in [5.41, 5.74) is 1.67. The van der Waals surface area contributed by atoms with E-state index >= 15 is 0 Å². The number of benzene rings is 1. The molecule has 3 rings (SSSR count). The Balaban J connectivity index is 1.62. The van der Waals surface area contributed by atoms with Gasteiger partial charge >= 0.3 is 0 Å². The minimum atomic E-state index is -0.102. The highest BCUT2D eigenvalue weighted by Crippen LogP contribution is 2.27. The number of hydrogen-bond donors (Lipinski definition) is 1. The molecule has 0 saturated carbocycles. The molecule has 0 spiro atoms. The third kappa shape index (κ3) is 6.59. The van der Waals surface area contributed by atoms with E-state index < -0.39 is 0 Å². The van der Waals surface area contributed by atoms with Gasteiger partial charge in [-0.25, -0.2) is 9.97 Å². The largest absolute Gasteiger partial charge is 0.383 e. The van der Waals surface area contributed by atoms with E-state index in [4.69, 9.17) is 21.3 Å². The number of ether oxygens (including phenoxy) is 1. The van der Waals surface area contributed by atoms with E-state index in [0.29, 0.717) is 34.8 Å². The second kappa shape index (κ2) is 10.8. The van der Waals surface area contributed by atoms with Crippen molar-refractivity contribution in [1.82, 2.24) is 15.3 Å². The highest BCUT2D eigenvalue weighted by atomic mass is 35.5. The lowest BCUT2D eigenvalue weighted by atomic mass is 9.99. The lowest BCUT2D eigenvalue weighted by Gasteiger charge is -2.31. The van der Waals surface area contributed by atoms with Gasteiger partial charge in [0.2, 0.25) is 0 Å². The van der Waals surface area contributed by atoms with Gasteiger partial charge in [0.15, 0.2) is 5.16 Å². The fourth-order valence-electron chi connectivity index (χ4n) is 3.17. The Bertz CT molecular complexity index is 828. The number of carbonyl (C=O) groups is 1. The normalized spacial score (nSPS) is 14.8. The van der Waals surface area contributed by atoms with Crippen LogP contribution in [-0.2, 0) is 10.5 Å². The first-order valence-corrected chi connectivity index (χ1v) is 11.2. The van der Waals surface area contributed by atoms with Crippen LogP contribution in [-0.4, -0.2) is 49.2 Å². The number of aromatic nitrogens is 2. The molecule has 6 nitrogen and oxygen atoms in total. The van der Waals surface area contributed by atoms with Crippen molar-refractivity contribution in [1.29, 1.82) is 0 Å². The molecule has 1 aliphatic heterocycles. The van der Waals surface area contributed by atoms with Crippen LogP contribution < -0.4 is 10.2 Å². The standard InChI is InChI=1S/C21H27ClN4O2S/c1-15-6-9-26(10-7-15)19-13-18(22)24-21(25-19)29-14-16-4-3-5-17(12-16)20(27)23-8-11-28-2/h3-5,12-13,15H,6-11,14H2,1-2H3,(H,23,27). The van der Waals surface area contributed by atoms with Crippen molar-refractivity contribution in [2.24, 2.45) is 5.92 Å². The first kappa shape index (κ1) is 21.9. The molecule has 1 saturated heterocycles. The summed E-state index contributed by atoms with van der Waals surface area (Å²) in [6.07, 6.45) is 2.34. The third-order valence-corrected chi connectivity index (χ3v) is 6.03. The smallest absolute Gasteiger partial charge is 0.251 e. The summed E-state index contributed by atoms with van der Waals surface area (Å²) in [5.74, 6) is 2.22. The maximum atomic E-state index is 12.2. The zero-order chi connectivity index (χ0) is 20.6. The molecule has 1 amide bonds. The van der Waals surface area contributed by atoms with Gasteiger partial charge in [-0.3, -0.25) is 4.79 Å². The third-order valence-electron chi connectivity index (χ3n) is 4.92. The minimum absolute atomic E-state index is 0.102. The second-order valence-electron chi connectivity index (χ2n) is 7.24. The number of nitrogens with zero attached hydrogens (tertiary/aromatic N) is 3. The Morgan fingerprint density at radius 1 is 1.31 bits per heavy atom. The van der Waals surface area contributed by atoms with Gasteiger partial charge in [-0.1, -0.05) is 42.4 Å². The quantitative estimate of drug-likeness (QED) is 0.293. The molecule has 2 heterocycles. The molecule has 1 fully saturated rings. The number of methoxy groups -OCH3 is 1. The molecule has 0 radical (unpaired) electrons. The van der Waals surface area contributed by atoms with Crippen LogP contribution >= 0.6 is 23.4 Å². The average molecular weight is 435 g/mol. The summed E-state index contributed by atoms with van der Waals surface area (Å²) in [7, 11) is 1.61. The monoisotopic (exact) mass is 434 g/mol. The Hall–Kier alpha value is -1.83. The first-order valence-electron chi connectivity index (χ1n) is 9.83. The summed E-state index contributed by atoms with van der Waals surface area (Å²) < 4.78 is 4.96. The highest BCUT2D eigenvalue weighted by Gasteiger charge is 2.18. The first-order chi connectivity index (χ1) is 14.0. The van der Waals surface area contributed by atoms with Crippen LogP contribution in [0, 0.1) is 5.92 Å². The summed E-state index contributed by atoms with van der Waals surface area (Å²) in [6.45, 7) is 5.27. The van der Waals surface area contributed by atoms with Crippen LogP contribution in [0.2, 0.25) is 5.15 Å². The lowest BCUT2D eigenvalue weighted by Crippen LogP contribution is -2.33. The average Bonchev–Trinajstić information content (AvgIpc) is 2.73. The van der Waals surface area contributed by atoms with Crippen molar-refractivity contribution in [3.05, 3.63) is 46.6 Å². The van der Waals surface area contributed by atoms with Gasteiger partial charge in [0.25, 0.3) is 5.91 Å². The zero-order valence-electron chi connectivity index (χ0n) is 16.9.